The van der Waals surface area contributed by atoms with E-state index in [1.54, 1.807) is 26.0 Å². The Morgan fingerprint density at radius 3 is 2.70 bits per heavy atom. The summed E-state index contributed by atoms with van der Waals surface area (Å²) in [5.41, 5.74) is 0.396. The quantitative estimate of drug-likeness (QED) is 0.399. The highest BCUT2D eigenvalue weighted by atomic mass is 16.6. The lowest BCUT2D eigenvalue weighted by Crippen LogP contribution is -2.28. The van der Waals surface area contributed by atoms with Crippen molar-refractivity contribution in [1.82, 2.24) is 10.3 Å². The second kappa shape index (κ2) is 8.64. The molecule has 0 saturated heterocycles. The van der Waals surface area contributed by atoms with Crippen LogP contribution < -0.4 is 10.1 Å². The monoisotopic (exact) mass is 411 g/mol. The fourth-order valence-corrected chi connectivity index (χ4v) is 3.19. The summed E-state index contributed by atoms with van der Waals surface area (Å²) in [6.45, 7) is 3.73. The van der Waals surface area contributed by atoms with Crippen molar-refractivity contribution in [3.8, 4) is 17.2 Å². The van der Waals surface area contributed by atoms with E-state index in [9.17, 15) is 25.1 Å². The van der Waals surface area contributed by atoms with E-state index in [2.05, 4.69) is 10.3 Å². The summed E-state index contributed by atoms with van der Waals surface area (Å²) in [7, 11) is 0. The van der Waals surface area contributed by atoms with Gasteiger partial charge < -0.3 is 20.3 Å². The molecule has 0 fully saturated rings. The summed E-state index contributed by atoms with van der Waals surface area (Å²) < 4.78 is 5.41. The minimum atomic E-state index is -0.928. The van der Waals surface area contributed by atoms with Gasteiger partial charge in [-0.15, -0.1) is 0 Å². The third-order valence-corrected chi connectivity index (χ3v) is 4.62. The molecule has 3 rings (SSSR count). The number of aromatic nitrogens is 1. The molecule has 3 aromatic rings. The van der Waals surface area contributed by atoms with Crippen LogP contribution in [-0.2, 0) is 4.79 Å². The van der Waals surface area contributed by atoms with Gasteiger partial charge >= 0.3 is 0 Å². The zero-order valence-electron chi connectivity index (χ0n) is 16.5. The molecule has 1 atom stereocenters. The third-order valence-electron chi connectivity index (χ3n) is 4.62. The van der Waals surface area contributed by atoms with Crippen LogP contribution in [0.3, 0.4) is 0 Å². The molecular weight excluding hydrogens is 390 g/mol. The molecule has 156 valence electrons. The van der Waals surface area contributed by atoms with Gasteiger partial charge in [0.05, 0.1) is 23.0 Å². The number of pyridine rings is 1. The van der Waals surface area contributed by atoms with Crippen LogP contribution in [0.5, 0.6) is 17.2 Å². The van der Waals surface area contributed by atoms with Crippen molar-refractivity contribution in [3.63, 3.8) is 0 Å². The maximum atomic E-state index is 12.2. The molecule has 9 heteroatoms. The minimum absolute atomic E-state index is 0.0567. The van der Waals surface area contributed by atoms with Gasteiger partial charge in [0.25, 0.3) is 5.69 Å². The summed E-state index contributed by atoms with van der Waals surface area (Å²) in [6, 6.07) is 7.81. The molecule has 0 spiro atoms. The zero-order valence-corrected chi connectivity index (χ0v) is 16.5. The Balaban J connectivity index is 2.26. The number of aromatic hydroxyl groups is 2. The lowest BCUT2D eigenvalue weighted by atomic mass is 9.94. The normalized spacial score (nSPS) is 11.8. The number of ether oxygens (including phenoxy) is 1. The van der Waals surface area contributed by atoms with E-state index < -0.39 is 11.0 Å². The van der Waals surface area contributed by atoms with Crippen LogP contribution >= 0.6 is 0 Å². The van der Waals surface area contributed by atoms with Crippen LogP contribution in [0, 0.1) is 10.1 Å². The number of non-ortho nitro benzene ring substituents is 1. The SMILES string of the molecule is CCOc1cc([C@H](NC(=O)CC)c2cc([N+](=O)[O-])c3cccnc3c2O)ccc1O. The van der Waals surface area contributed by atoms with E-state index >= 15 is 0 Å². The van der Waals surface area contributed by atoms with E-state index in [0.717, 1.165) is 0 Å². The van der Waals surface area contributed by atoms with Gasteiger partial charge in [-0.1, -0.05) is 13.0 Å². The first kappa shape index (κ1) is 20.8. The zero-order chi connectivity index (χ0) is 21.8. The Kier molecular flexibility index (Phi) is 6.01. The Labute approximate surface area is 172 Å². The average molecular weight is 411 g/mol. The van der Waals surface area contributed by atoms with E-state index in [1.165, 1.54) is 30.5 Å². The number of phenols is 2. The van der Waals surface area contributed by atoms with E-state index in [-0.39, 0.29) is 51.7 Å². The molecule has 0 aliphatic heterocycles. The van der Waals surface area contributed by atoms with Crippen molar-refractivity contribution < 1.29 is 24.7 Å². The maximum absolute atomic E-state index is 12.2. The smallest absolute Gasteiger partial charge is 0.279 e. The number of rotatable bonds is 7. The van der Waals surface area contributed by atoms with Crippen LogP contribution in [0.25, 0.3) is 10.9 Å². The summed E-state index contributed by atoms with van der Waals surface area (Å²) in [5.74, 6) is -0.493. The van der Waals surface area contributed by atoms with Crippen LogP contribution in [0.15, 0.2) is 42.6 Å². The van der Waals surface area contributed by atoms with Crippen molar-refractivity contribution in [1.29, 1.82) is 0 Å². The van der Waals surface area contributed by atoms with Gasteiger partial charge in [0, 0.05) is 24.2 Å². The number of nitrogens with zero attached hydrogens (tertiary/aromatic N) is 2. The fraction of sp³-hybridized carbons (Fsp3) is 0.238. The summed E-state index contributed by atoms with van der Waals surface area (Å²) in [4.78, 5) is 27.4. The molecule has 30 heavy (non-hydrogen) atoms. The Morgan fingerprint density at radius 1 is 1.27 bits per heavy atom. The van der Waals surface area contributed by atoms with E-state index in [4.69, 9.17) is 4.74 Å². The minimum Gasteiger partial charge on any atom is -0.505 e. The summed E-state index contributed by atoms with van der Waals surface area (Å²) in [5, 5.41) is 35.5. The van der Waals surface area contributed by atoms with Gasteiger partial charge in [0.1, 0.15) is 11.3 Å². The predicted molar refractivity (Wildman–Crippen MR) is 110 cm³/mol. The number of nitro groups is 1. The number of benzene rings is 2. The van der Waals surface area contributed by atoms with Crippen LogP contribution in [-0.4, -0.2) is 32.6 Å². The number of nitro benzene ring substituents is 1. The fourth-order valence-electron chi connectivity index (χ4n) is 3.19. The third kappa shape index (κ3) is 3.95. The van der Waals surface area contributed by atoms with E-state index in [0.29, 0.717) is 12.2 Å². The molecule has 0 saturated carbocycles. The number of carbonyl (C=O) groups is 1. The highest BCUT2D eigenvalue weighted by Crippen LogP contribution is 2.40. The lowest BCUT2D eigenvalue weighted by Gasteiger charge is -2.22. The van der Waals surface area contributed by atoms with Crippen LogP contribution in [0.1, 0.15) is 37.4 Å². The lowest BCUT2D eigenvalue weighted by molar-refractivity contribution is -0.383. The number of carbonyl (C=O) groups excluding carboxylic acids is 1. The predicted octanol–water partition coefficient (Wildman–Crippen LogP) is 3.57. The number of phenolic OH excluding ortho intramolecular Hbond substituents is 2. The molecule has 2 aromatic carbocycles. The van der Waals surface area contributed by atoms with Crippen molar-refractivity contribution in [2.75, 3.05) is 6.61 Å². The topological polar surface area (TPSA) is 135 Å². The number of hydrogen-bond donors (Lipinski definition) is 3. The summed E-state index contributed by atoms with van der Waals surface area (Å²) in [6.07, 6.45) is 1.59. The highest BCUT2D eigenvalue weighted by molar-refractivity contribution is 5.94. The average Bonchev–Trinajstić information content (AvgIpc) is 2.74. The van der Waals surface area contributed by atoms with Crippen molar-refractivity contribution in [2.45, 2.75) is 26.3 Å². The molecule has 3 N–H and O–H groups in total. The van der Waals surface area contributed by atoms with Crippen molar-refractivity contribution in [3.05, 3.63) is 63.8 Å². The molecule has 0 aliphatic carbocycles. The van der Waals surface area contributed by atoms with Gasteiger partial charge in [-0.05, 0) is 36.8 Å². The van der Waals surface area contributed by atoms with Crippen molar-refractivity contribution >= 4 is 22.5 Å². The molecule has 0 radical (unpaired) electrons. The molecule has 0 bridgehead atoms. The van der Waals surface area contributed by atoms with Crippen LogP contribution in [0.2, 0.25) is 0 Å². The van der Waals surface area contributed by atoms with Crippen molar-refractivity contribution in [2.24, 2.45) is 0 Å². The first-order valence-electron chi connectivity index (χ1n) is 9.37. The Morgan fingerprint density at radius 2 is 2.03 bits per heavy atom. The van der Waals surface area contributed by atoms with Gasteiger partial charge in [-0.25, -0.2) is 0 Å². The number of hydrogen-bond acceptors (Lipinski definition) is 7. The molecule has 1 amide bonds. The largest absolute Gasteiger partial charge is 0.505 e. The van der Waals surface area contributed by atoms with Gasteiger partial charge in [-0.3, -0.25) is 19.9 Å². The molecule has 0 aliphatic rings. The summed E-state index contributed by atoms with van der Waals surface area (Å²) >= 11 is 0. The Hall–Kier alpha value is -3.88. The van der Waals surface area contributed by atoms with Crippen LogP contribution in [0.4, 0.5) is 5.69 Å². The molecule has 9 nitrogen and oxygen atoms in total. The number of nitrogens with one attached hydrogen (secondary N) is 1. The standard InChI is InChI=1S/C21H21N3O6/c1-3-18(26)23-19(12-7-8-16(25)17(10-12)30-4-2)14-11-15(24(28)29)13-6-5-9-22-20(13)21(14)27/h5-11,19,25,27H,3-4H2,1-2H3,(H,23,26)/t19-/m0/s1. The van der Waals surface area contributed by atoms with E-state index in [1.807, 2.05) is 0 Å². The molecular formula is C21H21N3O6. The number of fused-ring (bicyclic) bond motifs is 1. The maximum Gasteiger partial charge on any atom is 0.279 e. The second-order valence-electron chi connectivity index (χ2n) is 6.50. The second-order valence-corrected chi connectivity index (χ2v) is 6.50. The molecule has 0 unspecified atom stereocenters. The van der Waals surface area contributed by atoms with Gasteiger partial charge in [0.15, 0.2) is 11.5 Å². The molecule has 1 aromatic heterocycles. The van der Waals surface area contributed by atoms with Gasteiger partial charge in [-0.2, -0.15) is 0 Å². The highest BCUT2D eigenvalue weighted by Gasteiger charge is 2.27. The van der Waals surface area contributed by atoms with Gasteiger partial charge in [0.2, 0.25) is 5.91 Å². The first-order chi connectivity index (χ1) is 14.4. The first-order valence-corrected chi connectivity index (χ1v) is 9.37. The molecule has 1 heterocycles. The Bertz CT molecular complexity index is 1120. The number of amides is 1.